The molecule has 0 bridgehead atoms. The van der Waals surface area contributed by atoms with Crippen LogP contribution in [0.5, 0.6) is 0 Å². The number of anilines is 2. The van der Waals surface area contributed by atoms with Crippen molar-refractivity contribution in [1.29, 1.82) is 0 Å². The standard InChI is InChI=1S/C16H17N3OS/c1-12(20)18-14-7-9-15(10-8-14)19-16(21)17-11-13-5-3-2-4-6-13/h2-10H,11H2,1H3,(H,18,20)(H2,17,19,21). The van der Waals surface area contributed by atoms with Crippen LogP contribution in [0.1, 0.15) is 12.5 Å². The van der Waals surface area contributed by atoms with Crippen molar-refractivity contribution in [3.05, 3.63) is 60.2 Å². The van der Waals surface area contributed by atoms with Crippen LogP contribution in [-0.4, -0.2) is 11.0 Å². The molecule has 5 heteroatoms. The Kier molecular flexibility index (Phi) is 5.29. The van der Waals surface area contributed by atoms with Crippen LogP contribution < -0.4 is 16.0 Å². The zero-order valence-corrected chi connectivity index (χ0v) is 12.5. The molecule has 0 aliphatic heterocycles. The topological polar surface area (TPSA) is 53.2 Å². The molecule has 0 heterocycles. The number of nitrogens with one attached hydrogen (secondary N) is 3. The number of thiocarbonyl (C=S) groups is 1. The van der Waals surface area contributed by atoms with Gasteiger partial charge in [-0.05, 0) is 42.0 Å². The Balaban J connectivity index is 1.83. The first-order chi connectivity index (χ1) is 10.1. The molecular formula is C16H17N3OS. The Morgan fingerprint density at radius 1 is 0.952 bits per heavy atom. The summed E-state index contributed by atoms with van der Waals surface area (Å²) in [5.41, 5.74) is 2.80. The second-order valence-corrected chi connectivity index (χ2v) is 4.96. The third-order valence-corrected chi connectivity index (χ3v) is 3.01. The zero-order chi connectivity index (χ0) is 15.1. The van der Waals surface area contributed by atoms with Crippen LogP contribution >= 0.6 is 12.2 Å². The highest BCUT2D eigenvalue weighted by molar-refractivity contribution is 7.80. The van der Waals surface area contributed by atoms with Gasteiger partial charge in [0.05, 0.1) is 0 Å². The Hall–Kier alpha value is -2.40. The van der Waals surface area contributed by atoms with Gasteiger partial charge >= 0.3 is 0 Å². The lowest BCUT2D eigenvalue weighted by Gasteiger charge is -2.11. The van der Waals surface area contributed by atoms with Crippen molar-refractivity contribution < 1.29 is 4.79 Å². The maximum absolute atomic E-state index is 10.9. The number of benzene rings is 2. The summed E-state index contributed by atoms with van der Waals surface area (Å²) in [6.45, 7) is 2.16. The van der Waals surface area contributed by atoms with E-state index in [0.717, 1.165) is 11.4 Å². The minimum Gasteiger partial charge on any atom is -0.358 e. The van der Waals surface area contributed by atoms with Crippen LogP contribution in [-0.2, 0) is 11.3 Å². The van der Waals surface area contributed by atoms with Gasteiger partial charge in [-0.15, -0.1) is 0 Å². The van der Waals surface area contributed by atoms with Crippen molar-refractivity contribution in [3.8, 4) is 0 Å². The van der Waals surface area contributed by atoms with E-state index in [4.69, 9.17) is 12.2 Å². The van der Waals surface area contributed by atoms with Gasteiger partial charge in [-0.25, -0.2) is 0 Å². The highest BCUT2D eigenvalue weighted by Gasteiger charge is 1.99. The number of rotatable bonds is 4. The average Bonchev–Trinajstić information content (AvgIpc) is 2.48. The van der Waals surface area contributed by atoms with E-state index >= 15 is 0 Å². The predicted molar refractivity (Wildman–Crippen MR) is 90.2 cm³/mol. The van der Waals surface area contributed by atoms with Crippen LogP contribution in [0.2, 0.25) is 0 Å². The fourth-order valence-electron chi connectivity index (χ4n) is 1.79. The van der Waals surface area contributed by atoms with Gasteiger partial charge in [0.2, 0.25) is 5.91 Å². The monoisotopic (exact) mass is 299 g/mol. The van der Waals surface area contributed by atoms with Gasteiger partial charge in [-0.3, -0.25) is 4.79 Å². The van der Waals surface area contributed by atoms with Crippen molar-refractivity contribution in [2.45, 2.75) is 13.5 Å². The van der Waals surface area contributed by atoms with E-state index in [1.165, 1.54) is 12.5 Å². The van der Waals surface area contributed by atoms with E-state index in [9.17, 15) is 4.79 Å². The van der Waals surface area contributed by atoms with Gasteiger partial charge in [-0.1, -0.05) is 30.3 Å². The number of amides is 1. The molecule has 4 nitrogen and oxygen atoms in total. The lowest BCUT2D eigenvalue weighted by Crippen LogP contribution is -2.27. The van der Waals surface area contributed by atoms with Crippen molar-refractivity contribution >= 4 is 34.6 Å². The molecule has 3 N–H and O–H groups in total. The quantitative estimate of drug-likeness (QED) is 0.759. The molecule has 0 aromatic heterocycles. The summed E-state index contributed by atoms with van der Waals surface area (Å²) < 4.78 is 0. The predicted octanol–water partition coefficient (Wildman–Crippen LogP) is 3.13. The van der Waals surface area contributed by atoms with E-state index in [0.29, 0.717) is 11.7 Å². The number of carbonyl (C=O) groups is 1. The maximum atomic E-state index is 10.9. The molecule has 0 aliphatic rings. The van der Waals surface area contributed by atoms with Gasteiger partial charge in [0.15, 0.2) is 5.11 Å². The van der Waals surface area contributed by atoms with Gasteiger partial charge in [0.1, 0.15) is 0 Å². The van der Waals surface area contributed by atoms with Crippen LogP contribution in [0.3, 0.4) is 0 Å². The van der Waals surface area contributed by atoms with Gasteiger partial charge in [-0.2, -0.15) is 0 Å². The molecule has 0 saturated carbocycles. The number of carbonyl (C=O) groups excluding carboxylic acids is 1. The summed E-state index contributed by atoms with van der Waals surface area (Å²) in [5, 5.41) is 9.52. The number of hydrogen-bond donors (Lipinski definition) is 3. The van der Waals surface area contributed by atoms with Crippen molar-refractivity contribution in [1.82, 2.24) is 5.32 Å². The van der Waals surface area contributed by atoms with E-state index in [-0.39, 0.29) is 5.91 Å². The molecule has 21 heavy (non-hydrogen) atoms. The van der Waals surface area contributed by atoms with Crippen LogP contribution in [0.25, 0.3) is 0 Å². The Bertz CT molecular complexity index is 611. The minimum absolute atomic E-state index is 0.0873. The first-order valence-corrected chi connectivity index (χ1v) is 7.01. The third-order valence-electron chi connectivity index (χ3n) is 2.76. The second-order valence-electron chi connectivity index (χ2n) is 4.55. The summed E-state index contributed by atoms with van der Waals surface area (Å²) in [6.07, 6.45) is 0. The van der Waals surface area contributed by atoms with Gasteiger partial charge in [0, 0.05) is 24.8 Å². The van der Waals surface area contributed by atoms with Crippen molar-refractivity contribution in [2.75, 3.05) is 10.6 Å². The molecule has 0 saturated heterocycles. The summed E-state index contributed by atoms with van der Waals surface area (Å²) in [7, 11) is 0. The van der Waals surface area contributed by atoms with E-state index in [2.05, 4.69) is 16.0 Å². The fraction of sp³-hybridized carbons (Fsp3) is 0.125. The minimum atomic E-state index is -0.0873. The Morgan fingerprint density at radius 3 is 2.10 bits per heavy atom. The largest absolute Gasteiger partial charge is 0.358 e. The molecule has 1 amide bonds. The fourth-order valence-corrected chi connectivity index (χ4v) is 1.98. The lowest BCUT2D eigenvalue weighted by atomic mass is 10.2. The summed E-state index contributed by atoms with van der Waals surface area (Å²) in [6, 6.07) is 17.4. The van der Waals surface area contributed by atoms with Crippen LogP contribution in [0.15, 0.2) is 54.6 Å². The summed E-state index contributed by atoms with van der Waals surface area (Å²) >= 11 is 5.25. The van der Waals surface area contributed by atoms with Gasteiger partial charge < -0.3 is 16.0 Å². The van der Waals surface area contributed by atoms with Crippen molar-refractivity contribution in [2.24, 2.45) is 0 Å². The first kappa shape index (κ1) is 15.0. The highest BCUT2D eigenvalue weighted by Crippen LogP contribution is 2.13. The molecule has 0 fully saturated rings. The Morgan fingerprint density at radius 2 is 1.52 bits per heavy atom. The average molecular weight is 299 g/mol. The maximum Gasteiger partial charge on any atom is 0.221 e. The normalized spacial score (nSPS) is 9.76. The molecule has 0 aliphatic carbocycles. The number of hydrogen-bond acceptors (Lipinski definition) is 2. The molecule has 108 valence electrons. The summed E-state index contributed by atoms with van der Waals surface area (Å²) in [5.74, 6) is -0.0873. The third kappa shape index (κ3) is 5.24. The van der Waals surface area contributed by atoms with Crippen LogP contribution in [0, 0.1) is 0 Å². The zero-order valence-electron chi connectivity index (χ0n) is 11.7. The van der Waals surface area contributed by atoms with E-state index in [1.54, 1.807) is 0 Å². The van der Waals surface area contributed by atoms with Gasteiger partial charge in [0.25, 0.3) is 0 Å². The first-order valence-electron chi connectivity index (χ1n) is 6.60. The second kappa shape index (κ2) is 7.40. The molecular weight excluding hydrogens is 282 g/mol. The van der Waals surface area contributed by atoms with E-state index in [1.807, 2.05) is 54.6 Å². The van der Waals surface area contributed by atoms with Crippen LogP contribution in [0.4, 0.5) is 11.4 Å². The molecule has 2 aromatic rings. The SMILES string of the molecule is CC(=O)Nc1ccc(NC(=S)NCc2ccccc2)cc1. The molecule has 0 radical (unpaired) electrons. The molecule has 0 atom stereocenters. The molecule has 0 spiro atoms. The summed E-state index contributed by atoms with van der Waals surface area (Å²) in [4.78, 5) is 10.9. The Labute approximate surface area is 129 Å². The molecule has 0 unspecified atom stereocenters. The van der Waals surface area contributed by atoms with E-state index < -0.39 is 0 Å². The highest BCUT2D eigenvalue weighted by atomic mass is 32.1. The molecule has 2 aromatic carbocycles. The smallest absolute Gasteiger partial charge is 0.221 e. The van der Waals surface area contributed by atoms with Crippen molar-refractivity contribution in [3.63, 3.8) is 0 Å². The molecule has 2 rings (SSSR count). The lowest BCUT2D eigenvalue weighted by molar-refractivity contribution is -0.114.